The Labute approximate surface area is 115 Å². The predicted molar refractivity (Wildman–Crippen MR) is 76.9 cm³/mol. The van der Waals surface area contributed by atoms with Crippen molar-refractivity contribution in [2.24, 2.45) is 0 Å². The van der Waals surface area contributed by atoms with E-state index in [1.807, 2.05) is 37.3 Å². The maximum absolute atomic E-state index is 5.52. The summed E-state index contributed by atoms with van der Waals surface area (Å²) in [6, 6.07) is 11.9. The number of ether oxygens (including phenoxy) is 1. The van der Waals surface area contributed by atoms with Gasteiger partial charge in [0.2, 0.25) is 0 Å². The van der Waals surface area contributed by atoms with Crippen LogP contribution >= 0.6 is 15.9 Å². The standard InChI is InChI=1S/C14H15BrN2O/c1-2-18-13-8-5-9-16-14(13)17-10-11-6-3-4-7-12(11)15/h3-9H,2,10H2,1H3,(H,16,17). The van der Waals surface area contributed by atoms with Crippen LogP contribution in [-0.2, 0) is 6.54 Å². The topological polar surface area (TPSA) is 34.1 Å². The highest BCUT2D eigenvalue weighted by Gasteiger charge is 2.04. The molecule has 2 rings (SSSR count). The van der Waals surface area contributed by atoms with Crippen molar-refractivity contribution in [2.75, 3.05) is 11.9 Å². The number of hydrogen-bond acceptors (Lipinski definition) is 3. The van der Waals surface area contributed by atoms with Crippen molar-refractivity contribution in [2.45, 2.75) is 13.5 Å². The fraction of sp³-hybridized carbons (Fsp3) is 0.214. The van der Waals surface area contributed by atoms with Gasteiger partial charge in [0.05, 0.1) is 6.61 Å². The van der Waals surface area contributed by atoms with Crippen LogP contribution in [0.1, 0.15) is 12.5 Å². The highest BCUT2D eigenvalue weighted by atomic mass is 79.9. The third kappa shape index (κ3) is 3.23. The van der Waals surface area contributed by atoms with Crippen LogP contribution in [0, 0.1) is 0 Å². The van der Waals surface area contributed by atoms with Gasteiger partial charge in [0.1, 0.15) is 0 Å². The van der Waals surface area contributed by atoms with Crippen LogP contribution in [-0.4, -0.2) is 11.6 Å². The lowest BCUT2D eigenvalue weighted by molar-refractivity contribution is 0.340. The first kappa shape index (κ1) is 12.9. The molecule has 0 aliphatic rings. The molecule has 4 heteroatoms. The maximum Gasteiger partial charge on any atom is 0.169 e. The van der Waals surface area contributed by atoms with Gasteiger partial charge in [0.25, 0.3) is 0 Å². The number of halogens is 1. The Balaban J connectivity index is 2.08. The van der Waals surface area contributed by atoms with E-state index >= 15 is 0 Å². The molecular weight excluding hydrogens is 292 g/mol. The summed E-state index contributed by atoms with van der Waals surface area (Å²) in [5.74, 6) is 1.56. The van der Waals surface area contributed by atoms with E-state index in [2.05, 4.69) is 32.3 Å². The molecule has 3 nitrogen and oxygen atoms in total. The van der Waals surface area contributed by atoms with Gasteiger partial charge in [0.15, 0.2) is 11.6 Å². The molecule has 0 saturated carbocycles. The summed E-state index contributed by atoms with van der Waals surface area (Å²) in [7, 11) is 0. The fourth-order valence-electron chi connectivity index (χ4n) is 1.62. The lowest BCUT2D eigenvalue weighted by atomic mass is 10.2. The van der Waals surface area contributed by atoms with E-state index < -0.39 is 0 Å². The number of rotatable bonds is 5. The van der Waals surface area contributed by atoms with Gasteiger partial charge < -0.3 is 10.1 Å². The van der Waals surface area contributed by atoms with E-state index in [-0.39, 0.29) is 0 Å². The van der Waals surface area contributed by atoms with Gasteiger partial charge >= 0.3 is 0 Å². The lowest BCUT2D eigenvalue weighted by Gasteiger charge is -2.11. The number of nitrogens with zero attached hydrogens (tertiary/aromatic N) is 1. The van der Waals surface area contributed by atoms with Crippen molar-refractivity contribution in [3.63, 3.8) is 0 Å². The molecule has 94 valence electrons. The van der Waals surface area contributed by atoms with E-state index in [0.29, 0.717) is 13.2 Å². The van der Waals surface area contributed by atoms with Crippen LogP contribution in [0.4, 0.5) is 5.82 Å². The van der Waals surface area contributed by atoms with E-state index in [4.69, 9.17) is 4.74 Å². The van der Waals surface area contributed by atoms with E-state index in [1.54, 1.807) is 6.20 Å². The zero-order chi connectivity index (χ0) is 12.8. The monoisotopic (exact) mass is 306 g/mol. The molecule has 0 aliphatic carbocycles. The van der Waals surface area contributed by atoms with Crippen LogP contribution in [0.25, 0.3) is 0 Å². The summed E-state index contributed by atoms with van der Waals surface area (Å²) in [5.41, 5.74) is 1.19. The summed E-state index contributed by atoms with van der Waals surface area (Å²) in [5, 5.41) is 3.29. The van der Waals surface area contributed by atoms with Gasteiger partial charge in [-0.2, -0.15) is 0 Å². The van der Waals surface area contributed by atoms with E-state index in [9.17, 15) is 0 Å². The Morgan fingerprint density at radius 2 is 2.06 bits per heavy atom. The molecule has 1 aromatic heterocycles. The zero-order valence-corrected chi connectivity index (χ0v) is 11.8. The molecule has 1 aromatic carbocycles. The van der Waals surface area contributed by atoms with Crippen LogP contribution in [0.15, 0.2) is 47.1 Å². The second kappa shape index (κ2) is 6.40. The van der Waals surface area contributed by atoms with Crippen molar-refractivity contribution in [3.05, 3.63) is 52.6 Å². The van der Waals surface area contributed by atoms with Crippen molar-refractivity contribution >= 4 is 21.7 Å². The Bertz CT molecular complexity index is 517. The smallest absolute Gasteiger partial charge is 0.169 e. The van der Waals surface area contributed by atoms with Crippen LogP contribution in [0.5, 0.6) is 5.75 Å². The minimum absolute atomic E-state index is 0.634. The average molecular weight is 307 g/mol. The Kier molecular flexibility index (Phi) is 4.59. The van der Waals surface area contributed by atoms with Gasteiger partial charge in [-0.3, -0.25) is 0 Å². The molecule has 18 heavy (non-hydrogen) atoms. The molecule has 0 radical (unpaired) electrons. The molecular formula is C14H15BrN2O. The summed E-state index contributed by atoms with van der Waals surface area (Å²) in [6.45, 7) is 3.30. The summed E-state index contributed by atoms with van der Waals surface area (Å²) >= 11 is 3.53. The van der Waals surface area contributed by atoms with Crippen molar-refractivity contribution in [1.82, 2.24) is 4.98 Å². The normalized spacial score (nSPS) is 10.1. The average Bonchev–Trinajstić information content (AvgIpc) is 2.40. The molecule has 0 atom stereocenters. The van der Waals surface area contributed by atoms with Gasteiger partial charge in [-0.1, -0.05) is 34.1 Å². The van der Waals surface area contributed by atoms with Crippen molar-refractivity contribution < 1.29 is 4.74 Å². The number of pyridine rings is 1. The third-order valence-electron chi connectivity index (χ3n) is 2.47. The van der Waals surface area contributed by atoms with Gasteiger partial charge in [-0.25, -0.2) is 4.98 Å². The summed E-state index contributed by atoms with van der Waals surface area (Å²) in [6.07, 6.45) is 1.75. The Morgan fingerprint density at radius 1 is 1.22 bits per heavy atom. The van der Waals surface area contributed by atoms with Crippen LogP contribution in [0.3, 0.4) is 0 Å². The zero-order valence-electron chi connectivity index (χ0n) is 10.2. The highest BCUT2D eigenvalue weighted by Crippen LogP contribution is 2.23. The minimum atomic E-state index is 0.634. The predicted octanol–water partition coefficient (Wildman–Crippen LogP) is 3.85. The summed E-state index contributed by atoms with van der Waals surface area (Å²) in [4.78, 5) is 4.29. The van der Waals surface area contributed by atoms with E-state index in [1.165, 1.54) is 5.56 Å². The number of hydrogen-bond donors (Lipinski definition) is 1. The van der Waals surface area contributed by atoms with E-state index in [0.717, 1.165) is 16.0 Å². The third-order valence-corrected chi connectivity index (χ3v) is 3.25. The van der Waals surface area contributed by atoms with Gasteiger partial charge in [-0.15, -0.1) is 0 Å². The number of nitrogens with one attached hydrogen (secondary N) is 1. The van der Waals surface area contributed by atoms with Gasteiger partial charge in [-0.05, 0) is 30.7 Å². The van der Waals surface area contributed by atoms with Crippen LogP contribution in [0.2, 0.25) is 0 Å². The Hall–Kier alpha value is -1.55. The largest absolute Gasteiger partial charge is 0.490 e. The first-order valence-electron chi connectivity index (χ1n) is 5.86. The first-order valence-corrected chi connectivity index (χ1v) is 6.65. The van der Waals surface area contributed by atoms with Crippen molar-refractivity contribution in [3.8, 4) is 5.75 Å². The Morgan fingerprint density at radius 3 is 2.83 bits per heavy atom. The molecule has 0 bridgehead atoms. The summed E-state index contributed by atoms with van der Waals surface area (Å²) < 4.78 is 6.61. The molecule has 1 heterocycles. The molecule has 1 N–H and O–H groups in total. The number of aromatic nitrogens is 1. The molecule has 0 saturated heterocycles. The van der Waals surface area contributed by atoms with Crippen LogP contribution < -0.4 is 10.1 Å². The molecule has 0 spiro atoms. The highest BCUT2D eigenvalue weighted by molar-refractivity contribution is 9.10. The second-order valence-electron chi connectivity index (χ2n) is 3.73. The SMILES string of the molecule is CCOc1cccnc1NCc1ccccc1Br. The fourth-order valence-corrected chi connectivity index (χ4v) is 2.04. The quantitative estimate of drug-likeness (QED) is 0.911. The number of anilines is 1. The van der Waals surface area contributed by atoms with Gasteiger partial charge in [0, 0.05) is 17.2 Å². The second-order valence-corrected chi connectivity index (χ2v) is 4.58. The minimum Gasteiger partial charge on any atom is -0.490 e. The molecule has 0 fully saturated rings. The molecule has 0 unspecified atom stereocenters. The molecule has 2 aromatic rings. The molecule has 0 aliphatic heterocycles. The molecule has 0 amide bonds. The maximum atomic E-state index is 5.52. The number of benzene rings is 1. The first-order chi connectivity index (χ1) is 8.81. The lowest BCUT2D eigenvalue weighted by Crippen LogP contribution is -2.04. The van der Waals surface area contributed by atoms with Crippen molar-refractivity contribution in [1.29, 1.82) is 0 Å².